The Bertz CT molecular complexity index is 639. The molecule has 2 aromatic rings. The first-order chi connectivity index (χ1) is 12.3. The minimum absolute atomic E-state index is 0.317. The van der Waals surface area contributed by atoms with Crippen LogP contribution in [-0.2, 0) is 0 Å². The SMILES string of the molecule is CCN1CCN(C[C@@H](O)COc2ccccc2-c2ccccc2)CC1. The Morgan fingerprint density at radius 3 is 2.28 bits per heavy atom. The maximum Gasteiger partial charge on any atom is 0.127 e. The third-order valence-corrected chi connectivity index (χ3v) is 4.78. The Kier molecular flexibility index (Phi) is 6.45. The molecule has 1 atom stereocenters. The molecule has 0 aliphatic carbocycles. The summed E-state index contributed by atoms with van der Waals surface area (Å²) in [6, 6.07) is 18.2. The maximum atomic E-state index is 10.4. The lowest BCUT2D eigenvalue weighted by Gasteiger charge is -2.34. The average Bonchev–Trinajstić information content (AvgIpc) is 2.68. The second-order valence-corrected chi connectivity index (χ2v) is 6.56. The van der Waals surface area contributed by atoms with Crippen LogP contribution in [0.4, 0.5) is 0 Å². The van der Waals surface area contributed by atoms with Gasteiger partial charge in [0, 0.05) is 38.3 Å². The fourth-order valence-electron chi connectivity index (χ4n) is 3.27. The highest BCUT2D eigenvalue weighted by Crippen LogP contribution is 2.29. The highest BCUT2D eigenvalue weighted by atomic mass is 16.5. The largest absolute Gasteiger partial charge is 0.490 e. The van der Waals surface area contributed by atoms with Gasteiger partial charge < -0.3 is 14.7 Å². The van der Waals surface area contributed by atoms with E-state index in [9.17, 15) is 5.11 Å². The molecule has 1 N–H and O–H groups in total. The number of aliphatic hydroxyl groups excluding tert-OH is 1. The smallest absolute Gasteiger partial charge is 0.127 e. The summed E-state index contributed by atoms with van der Waals surface area (Å²) in [5, 5.41) is 10.4. The minimum Gasteiger partial charge on any atom is -0.490 e. The molecular weight excluding hydrogens is 312 g/mol. The van der Waals surface area contributed by atoms with E-state index in [4.69, 9.17) is 4.74 Å². The highest BCUT2D eigenvalue weighted by molar-refractivity contribution is 5.70. The first kappa shape index (κ1) is 17.9. The van der Waals surface area contributed by atoms with Gasteiger partial charge in [0.15, 0.2) is 0 Å². The van der Waals surface area contributed by atoms with Crippen LogP contribution in [0, 0.1) is 0 Å². The maximum absolute atomic E-state index is 10.4. The second-order valence-electron chi connectivity index (χ2n) is 6.56. The van der Waals surface area contributed by atoms with E-state index in [1.165, 1.54) is 0 Å². The van der Waals surface area contributed by atoms with Crippen LogP contribution in [0.2, 0.25) is 0 Å². The van der Waals surface area contributed by atoms with E-state index in [2.05, 4.69) is 34.9 Å². The topological polar surface area (TPSA) is 35.9 Å². The van der Waals surface area contributed by atoms with Crippen LogP contribution in [-0.4, -0.2) is 66.9 Å². The summed E-state index contributed by atoms with van der Waals surface area (Å²) < 4.78 is 5.95. The molecular formula is C21H28N2O2. The van der Waals surface area contributed by atoms with Crippen molar-refractivity contribution in [2.45, 2.75) is 13.0 Å². The molecule has 25 heavy (non-hydrogen) atoms. The lowest BCUT2D eigenvalue weighted by molar-refractivity contribution is 0.0472. The van der Waals surface area contributed by atoms with E-state index in [0.717, 1.165) is 49.6 Å². The predicted molar refractivity (Wildman–Crippen MR) is 102 cm³/mol. The predicted octanol–water partition coefficient (Wildman–Crippen LogP) is 2.73. The molecule has 0 unspecified atom stereocenters. The standard InChI is InChI=1S/C21H28N2O2/c1-2-22-12-14-23(15-13-22)16-19(24)17-25-21-11-7-6-10-20(21)18-8-4-3-5-9-18/h3-11,19,24H,2,12-17H2,1H3/t19-/m1/s1. The van der Waals surface area contributed by atoms with Crippen molar-refractivity contribution in [3.8, 4) is 16.9 Å². The van der Waals surface area contributed by atoms with Crippen LogP contribution >= 0.6 is 0 Å². The van der Waals surface area contributed by atoms with Crippen molar-refractivity contribution in [3.05, 3.63) is 54.6 Å². The van der Waals surface area contributed by atoms with Crippen molar-refractivity contribution in [2.24, 2.45) is 0 Å². The number of nitrogens with zero attached hydrogens (tertiary/aromatic N) is 2. The molecule has 0 spiro atoms. The Labute approximate surface area is 150 Å². The van der Waals surface area contributed by atoms with E-state index < -0.39 is 6.10 Å². The minimum atomic E-state index is -0.475. The van der Waals surface area contributed by atoms with Crippen molar-refractivity contribution in [3.63, 3.8) is 0 Å². The molecule has 0 saturated carbocycles. The van der Waals surface area contributed by atoms with Crippen molar-refractivity contribution >= 4 is 0 Å². The number of β-amino-alcohol motifs (C(OH)–C–C–N with tert-alkyl or cyclic N) is 1. The molecule has 0 amide bonds. The van der Waals surface area contributed by atoms with Crippen LogP contribution in [0.1, 0.15) is 6.92 Å². The third kappa shape index (κ3) is 5.05. The number of likely N-dealkylation sites (N-methyl/N-ethyl adjacent to an activating group) is 1. The number of hydrogen-bond donors (Lipinski definition) is 1. The molecule has 134 valence electrons. The molecule has 1 aliphatic heterocycles. The normalized spacial score (nSPS) is 17.4. The first-order valence-corrected chi connectivity index (χ1v) is 9.16. The number of ether oxygens (including phenoxy) is 1. The molecule has 2 aromatic carbocycles. The van der Waals surface area contributed by atoms with Crippen LogP contribution in [0.3, 0.4) is 0 Å². The van der Waals surface area contributed by atoms with Gasteiger partial charge >= 0.3 is 0 Å². The Morgan fingerprint density at radius 2 is 1.56 bits per heavy atom. The van der Waals surface area contributed by atoms with Gasteiger partial charge in [0.2, 0.25) is 0 Å². The van der Waals surface area contributed by atoms with E-state index in [1.54, 1.807) is 0 Å². The van der Waals surface area contributed by atoms with Gasteiger partial charge in [0.25, 0.3) is 0 Å². The fraction of sp³-hybridized carbons (Fsp3) is 0.429. The zero-order chi connectivity index (χ0) is 17.5. The lowest BCUT2D eigenvalue weighted by Crippen LogP contribution is -2.49. The molecule has 0 radical (unpaired) electrons. The quantitative estimate of drug-likeness (QED) is 0.841. The molecule has 4 heteroatoms. The van der Waals surface area contributed by atoms with Crippen LogP contribution in [0.25, 0.3) is 11.1 Å². The van der Waals surface area contributed by atoms with Crippen molar-refractivity contribution < 1.29 is 9.84 Å². The van der Waals surface area contributed by atoms with Gasteiger partial charge in [-0.2, -0.15) is 0 Å². The number of aliphatic hydroxyl groups is 1. The lowest BCUT2D eigenvalue weighted by atomic mass is 10.1. The molecule has 0 bridgehead atoms. The number of benzene rings is 2. The van der Waals surface area contributed by atoms with Crippen molar-refractivity contribution in [1.29, 1.82) is 0 Å². The molecule has 4 nitrogen and oxygen atoms in total. The highest BCUT2D eigenvalue weighted by Gasteiger charge is 2.18. The summed E-state index contributed by atoms with van der Waals surface area (Å²) in [7, 11) is 0. The molecule has 0 aromatic heterocycles. The zero-order valence-electron chi connectivity index (χ0n) is 15.0. The molecule has 1 aliphatic rings. The molecule has 1 fully saturated rings. The molecule has 3 rings (SSSR count). The van der Waals surface area contributed by atoms with Gasteiger partial charge in [-0.15, -0.1) is 0 Å². The molecule has 1 heterocycles. The number of piperazine rings is 1. The van der Waals surface area contributed by atoms with E-state index in [-0.39, 0.29) is 0 Å². The fourth-order valence-corrected chi connectivity index (χ4v) is 3.27. The summed E-state index contributed by atoms with van der Waals surface area (Å²) in [4.78, 5) is 4.76. The van der Waals surface area contributed by atoms with Gasteiger partial charge in [-0.1, -0.05) is 55.5 Å². The van der Waals surface area contributed by atoms with E-state index in [0.29, 0.717) is 13.2 Å². The van der Waals surface area contributed by atoms with Gasteiger partial charge in [-0.3, -0.25) is 4.90 Å². The summed E-state index contributed by atoms with van der Waals surface area (Å²) in [5.74, 6) is 0.823. The number of hydrogen-bond acceptors (Lipinski definition) is 4. The summed E-state index contributed by atoms with van der Waals surface area (Å²) >= 11 is 0. The van der Waals surface area contributed by atoms with Gasteiger partial charge in [-0.05, 0) is 18.2 Å². The van der Waals surface area contributed by atoms with Crippen LogP contribution in [0.5, 0.6) is 5.75 Å². The Hall–Kier alpha value is -1.88. The summed E-state index contributed by atoms with van der Waals surface area (Å²) in [6.45, 7) is 8.50. The van der Waals surface area contributed by atoms with Crippen LogP contribution in [0.15, 0.2) is 54.6 Å². The van der Waals surface area contributed by atoms with Crippen molar-refractivity contribution in [1.82, 2.24) is 9.80 Å². The average molecular weight is 340 g/mol. The second kappa shape index (κ2) is 8.99. The number of para-hydroxylation sites is 1. The van der Waals surface area contributed by atoms with Crippen LogP contribution < -0.4 is 4.74 Å². The van der Waals surface area contributed by atoms with E-state index in [1.807, 2.05) is 36.4 Å². The van der Waals surface area contributed by atoms with E-state index >= 15 is 0 Å². The van der Waals surface area contributed by atoms with Gasteiger partial charge in [0.05, 0.1) is 0 Å². The Morgan fingerprint density at radius 1 is 0.920 bits per heavy atom. The molecule has 1 saturated heterocycles. The summed E-state index contributed by atoms with van der Waals surface area (Å²) in [6.07, 6.45) is -0.475. The zero-order valence-corrected chi connectivity index (χ0v) is 15.0. The number of rotatable bonds is 7. The van der Waals surface area contributed by atoms with Crippen molar-refractivity contribution in [2.75, 3.05) is 45.9 Å². The van der Waals surface area contributed by atoms with Gasteiger partial charge in [0.1, 0.15) is 18.5 Å². The monoisotopic (exact) mass is 340 g/mol. The summed E-state index contributed by atoms with van der Waals surface area (Å²) in [5.41, 5.74) is 2.19. The Balaban J connectivity index is 1.54. The third-order valence-electron chi connectivity index (χ3n) is 4.78. The van der Waals surface area contributed by atoms with Gasteiger partial charge in [-0.25, -0.2) is 0 Å². The first-order valence-electron chi connectivity index (χ1n) is 9.16.